The maximum Gasteiger partial charge on any atom is 0.265 e. The number of anilines is 1. The predicted molar refractivity (Wildman–Crippen MR) is 134 cm³/mol. The lowest BCUT2D eigenvalue weighted by Gasteiger charge is -2.14. The van der Waals surface area contributed by atoms with Crippen molar-refractivity contribution in [1.82, 2.24) is 19.3 Å². The van der Waals surface area contributed by atoms with E-state index in [0.717, 1.165) is 27.0 Å². The summed E-state index contributed by atoms with van der Waals surface area (Å²) in [6.45, 7) is 6.05. The third-order valence-electron chi connectivity index (χ3n) is 5.99. The quantitative estimate of drug-likeness (QED) is 0.383. The summed E-state index contributed by atoms with van der Waals surface area (Å²) in [6, 6.07) is 11.5. The minimum atomic E-state index is -0.255. The topological polar surface area (TPSA) is 81.8 Å². The summed E-state index contributed by atoms with van der Waals surface area (Å²) >= 11 is 4.93. The fraction of sp³-hybridized carbons (Fsp3) is 0.250. The highest BCUT2D eigenvalue weighted by Crippen LogP contribution is 2.34. The number of hydrogen-bond acceptors (Lipinski definition) is 5. The number of thioether (sulfide) groups is 1. The Morgan fingerprint density at radius 1 is 1.15 bits per heavy atom. The van der Waals surface area contributed by atoms with Crippen LogP contribution in [0.25, 0.3) is 16.7 Å². The highest BCUT2D eigenvalue weighted by molar-refractivity contribution is 9.10. The molecule has 1 unspecified atom stereocenters. The number of aryl methyl sites for hydroxylation is 3. The average Bonchev–Trinajstić information content (AvgIpc) is 3.37. The molecule has 4 aromatic rings. The Kier molecular flexibility index (Phi) is 5.62. The van der Waals surface area contributed by atoms with Crippen LogP contribution in [-0.2, 0) is 4.79 Å². The molecule has 1 atom stereocenters. The molecule has 0 spiro atoms. The van der Waals surface area contributed by atoms with Crippen LogP contribution in [0.4, 0.5) is 5.69 Å². The van der Waals surface area contributed by atoms with E-state index in [-0.39, 0.29) is 23.9 Å². The summed E-state index contributed by atoms with van der Waals surface area (Å²) in [4.78, 5) is 30.9. The summed E-state index contributed by atoms with van der Waals surface area (Å²) in [5.41, 5.74) is 5.33. The summed E-state index contributed by atoms with van der Waals surface area (Å²) in [5.74, 6) is 0.496. The van der Waals surface area contributed by atoms with Crippen LogP contribution >= 0.6 is 27.7 Å². The maximum atomic E-state index is 13.3. The van der Waals surface area contributed by atoms with Crippen molar-refractivity contribution in [2.45, 2.75) is 38.4 Å². The third kappa shape index (κ3) is 4.00. The standard InChI is InChI=1S/C24H22BrN5O2S/c1-13-4-6-17(9-14(13)2)30-22-19(11-26-30)23(32)29-18(12-33-24(29)28-22)10-21(31)27-20-7-5-16(25)8-15(20)3/h4-9,11,18H,10,12H2,1-3H3,(H,27,31). The van der Waals surface area contributed by atoms with Gasteiger partial charge < -0.3 is 5.32 Å². The van der Waals surface area contributed by atoms with Crippen LogP contribution in [0, 0.1) is 20.8 Å². The van der Waals surface area contributed by atoms with E-state index in [2.05, 4.69) is 33.3 Å². The Hall–Kier alpha value is -2.91. The van der Waals surface area contributed by atoms with Gasteiger partial charge in [-0.25, -0.2) is 9.67 Å². The van der Waals surface area contributed by atoms with Gasteiger partial charge in [0.2, 0.25) is 5.91 Å². The van der Waals surface area contributed by atoms with Crippen LogP contribution in [0.15, 0.2) is 57.0 Å². The van der Waals surface area contributed by atoms with Crippen molar-refractivity contribution >= 4 is 50.3 Å². The van der Waals surface area contributed by atoms with Crippen LogP contribution in [0.3, 0.4) is 0 Å². The Labute approximate surface area is 203 Å². The normalized spacial score (nSPS) is 15.1. The van der Waals surface area contributed by atoms with Gasteiger partial charge in [-0.2, -0.15) is 5.10 Å². The van der Waals surface area contributed by atoms with E-state index in [9.17, 15) is 9.59 Å². The Balaban J connectivity index is 1.45. The van der Waals surface area contributed by atoms with E-state index in [0.29, 0.717) is 21.9 Å². The zero-order chi connectivity index (χ0) is 23.3. The minimum absolute atomic E-state index is 0.128. The van der Waals surface area contributed by atoms with E-state index < -0.39 is 0 Å². The average molecular weight is 524 g/mol. The second-order valence-corrected chi connectivity index (χ2v) is 10.2. The number of rotatable bonds is 4. The van der Waals surface area contributed by atoms with Crippen LogP contribution in [-0.4, -0.2) is 31.0 Å². The molecule has 3 heterocycles. The second-order valence-electron chi connectivity index (χ2n) is 8.31. The monoisotopic (exact) mass is 523 g/mol. The van der Waals surface area contributed by atoms with Gasteiger partial charge in [0, 0.05) is 22.3 Å². The lowest BCUT2D eigenvalue weighted by Crippen LogP contribution is -2.27. The van der Waals surface area contributed by atoms with Gasteiger partial charge in [0.25, 0.3) is 5.56 Å². The van der Waals surface area contributed by atoms with Crippen molar-refractivity contribution in [2.75, 3.05) is 11.1 Å². The number of fused-ring (bicyclic) bond motifs is 2. The Morgan fingerprint density at radius 2 is 1.97 bits per heavy atom. The van der Waals surface area contributed by atoms with Crippen molar-refractivity contribution in [3.63, 3.8) is 0 Å². The van der Waals surface area contributed by atoms with Crippen molar-refractivity contribution in [1.29, 1.82) is 0 Å². The Bertz CT molecular complexity index is 1480. The molecular formula is C24H22BrN5O2S. The number of benzene rings is 2. The molecule has 2 aromatic carbocycles. The molecule has 0 radical (unpaired) electrons. The first kappa shape index (κ1) is 21.9. The zero-order valence-corrected chi connectivity index (χ0v) is 20.8. The van der Waals surface area contributed by atoms with Gasteiger partial charge in [-0.15, -0.1) is 0 Å². The molecule has 5 rings (SSSR count). The molecule has 1 aliphatic rings. The number of amides is 1. The van der Waals surface area contributed by atoms with Crippen LogP contribution in [0.5, 0.6) is 0 Å². The molecule has 7 nitrogen and oxygen atoms in total. The number of carbonyl (C=O) groups excluding carboxylic acids is 1. The van der Waals surface area contributed by atoms with Crippen molar-refractivity contribution < 1.29 is 4.79 Å². The highest BCUT2D eigenvalue weighted by Gasteiger charge is 2.29. The number of nitrogens with zero attached hydrogens (tertiary/aromatic N) is 4. The number of hydrogen-bond donors (Lipinski definition) is 1. The number of halogens is 1. The molecule has 2 aromatic heterocycles. The van der Waals surface area contributed by atoms with Gasteiger partial charge in [0.05, 0.1) is 17.9 Å². The lowest BCUT2D eigenvalue weighted by molar-refractivity contribution is -0.116. The second kappa shape index (κ2) is 8.46. The molecule has 0 saturated carbocycles. The van der Waals surface area contributed by atoms with Crippen molar-refractivity contribution in [2.24, 2.45) is 0 Å². The zero-order valence-electron chi connectivity index (χ0n) is 18.4. The molecule has 9 heteroatoms. The van der Waals surface area contributed by atoms with Crippen LogP contribution in [0.2, 0.25) is 0 Å². The number of aromatic nitrogens is 4. The van der Waals surface area contributed by atoms with Crippen molar-refractivity contribution in [3.05, 3.63) is 74.1 Å². The smallest absolute Gasteiger partial charge is 0.265 e. The summed E-state index contributed by atoms with van der Waals surface area (Å²) in [6.07, 6.45) is 1.77. The molecule has 33 heavy (non-hydrogen) atoms. The summed E-state index contributed by atoms with van der Waals surface area (Å²) < 4.78 is 4.32. The van der Waals surface area contributed by atoms with Crippen LogP contribution < -0.4 is 10.9 Å². The van der Waals surface area contributed by atoms with E-state index in [1.807, 2.05) is 50.2 Å². The summed E-state index contributed by atoms with van der Waals surface area (Å²) in [5, 5.41) is 8.48. The first-order valence-corrected chi connectivity index (χ1v) is 12.4. The number of carbonyl (C=O) groups is 1. The molecule has 0 saturated heterocycles. The van der Waals surface area contributed by atoms with Crippen molar-refractivity contribution in [3.8, 4) is 5.69 Å². The molecule has 0 bridgehead atoms. The fourth-order valence-electron chi connectivity index (χ4n) is 4.01. The minimum Gasteiger partial charge on any atom is -0.326 e. The third-order valence-corrected chi connectivity index (χ3v) is 7.58. The first-order valence-electron chi connectivity index (χ1n) is 10.6. The van der Waals surface area contributed by atoms with Crippen LogP contribution in [0.1, 0.15) is 29.2 Å². The maximum absolute atomic E-state index is 13.3. The summed E-state index contributed by atoms with van der Waals surface area (Å²) in [7, 11) is 0. The molecule has 168 valence electrons. The molecule has 0 aliphatic carbocycles. The molecule has 1 aliphatic heterocycles. The van der Waals surface area contributed by atoms with Gasteiger partial charge in [-0.05, 0) is 67.8 Å². The largest absolute Gasteiger partial charge is 0.326 e. The number of nitrogens with one attached hydrogen (secondary N) is 1. The SMILES string of the molecule is Cc1ccc(-n2ncc3c(=O)n4c(nc32)SCC4CC(=O)Nc2ccc(Br)cc2C)cc1C. The van der Waals surface area contributed by atoms with E-state index in [1.54, 1.807) is 15.4 Å². The molecule has 1 amide bonds. The van der Waals surface area contributed by atoms with Gasteiger partial charge in [0.15, 0.2) is 10.8 Å². The highest BCUT2D eigenvalue weighted by atomic mass is 79.9. The Morgan fingerprint density at radius 3 is 2.73 bits per heavy atom. The first-order chi connectivity index (χ1) is 15.8. The van der Waals surface area contributed by atoms with Gasteiger partial charge in [-0.3, -0.25) is 14.2 Å². The molecular weight excluding hydrogens is 502 g/mol. The fourth-order valence-corrected chi connectivity index (χ4v) is 5.62. The van der Waals surface area contributed by atoms with E-state index >= 15 is 0 Å². The lowest BCUT2D eigenvalue weighted by atomic mass is 10.1. The molecule has 1 N–H and O–H groups in total. The van der Waals surface area contributed by atoms with E-state index in [4.69, 9.17) is 4.98 Å². The van der Waals surface area contributed by atoms with Gasteiger partial charge in [0.1, 0.15) is 5.39 Å². The van der Waals surface area contributed by atoms with Gasteiger partial charge >= 0.3 is 0 Å². The van der Waals surface area contributed by atoms with Gasteiger partial charge in [-0.1, -0.05) is 33.8 Å². The predicted octanol–water partition coefficient (Wildman–Crippen LogP) is 4.95. The van der Waals surface area contributed by atoms with E-state index in [1.165, 1.54) is 17.3 Å². The molecule has 0 fully saturated rings.